The fourth-order valence-electron chi connectivity index (χ4n) is 2.41. The molecule has 1 aromatic carbocycles. The van der Waals surface area contributed by atoms with Crippen molar-refractivity contribution in [1.82, 2.24) is 15.1 Å². The molecule has 0 fully saturated rings. The van der Waals surface area contributed by atoms with Gasteiger partial charge >= 0.3 is 12.4 Å². The Morgan fingerprint density at radius 1 is 1.10 bits per heavy atom. The van der Waals surface area contributed by atoms with Crippen LogP contribution in [0.3, 0.4) is 0 Å². The molecule has 3 rings (SSSR count). The van der Waals surface area contributed by atoms with Gasteiger partial charge in [0.15, 0.2) is 6.61 Å². The van der Waals surface area contributed by atoms with Gasteiger partial charge in [-0.05, 0) is 30.3 Å². The van der Waals surface area contributed by atoms with E-state index in [2.05, 4.69) is 25.2 Å². The third-order valence-electron chi connectivity index (χ3n) is 3.63. The zero-order valence-corrected chi connectivity index (χ0v) is 14.6. The van der Waals surface area contributed by atoms with Crippen LogP contribution in [0.5, 0.6) is 5.75 Å². The molecule has 0 aliphatic rings. The van der Waals surface area contributed by atoms with Crippen molar-refractivity contribution in [2.45, 2.75) is 12.4 Å². The molecule has 3 aromatic rings. The molecule has 0 unspecified atom stereocenters. The Bertz CT molecular complexity index is 1000. The van der Waals surface area contributed by atoms with Gasteiger partial charge in [-0.25, -0.2) is 4.98 Å². The van der Waals surface area contributed by atoms with Crippen molar-refractivity contribution in [3.05, 3.63) is 42.1 Å². The smallest absolute Gasteiger partial charge is 0.422 e. The molecule has 2 heterocycles. The molecule has 0 radical (unpaired) electrons. The number of anilines is 1. The lowest BCUT2D eigenvalue weighted by molar-refractivity contribution is -0.158. The molecule has 0 bridgehead atoms. The molecule has 6 nitrogen and oxygen atoms in total. The van der Waals surface area contributed by atoms with E-state index in [1.54, 1.807) is 19.2 Å². The summed E-state index contributed by atoms with van der Waals surface area (Å²) < 4.78 is 86.1. The third kappa shape index (κ3) is 4.76. The highest BCUT2D eigenvalue weighted by Crippen LogP contribution is 2.39. The Labute approximate surface area is 159 Å². The summed E-state index contributed by atoms with van der Waals surface area (Å²) >= 11 is 0. The number of rotatable bonds is 5. The van der Waals surface area contributed by atoms with Gasteiger partial charge < -0.3 is 14.6 Å². The standard InChI is InChI=1S/C17H12F6N4O2/c1-24-13-10(3-2-6-25-13)14-26-15(29-27-14)9-4-5-12(28-8-16(18,19)20)11(7-9)17(21,22)23/h2-7H,8H2,1H3,(H,24,25). The van der Waals surface area contributed by atoms with E-state index in [0.717, 1.165) is 12.1 Å². The van der Waals surface area contributed by atoms with Crippen molar-refractivity contribution in [3.63, 3.8) is 0 Å². The zero-order chi connectivity index (χ0) is 21.2. The lowest BCUT2D eigenvalue weighted by atomic mass is 10.1. The topological polar surface area (TPSA) is 73.1 Å². The van der Waals surface area contributed by atoms with Crippen molar-refractivity contribution in [2.75, 3.05) is 19.0 Å². The number of ether oxygens (including phenoxy) is 1. The number of benzene rings is 1. The Kier molecular flexibility index (Phi) is 5.36. The molecule has 12 heteroatoms. The van der Waals surface area contributed by atoms with E-state index in [4.69, 9.17) is 4.52 Å². The summed E-state index contributed by atoms with van der Waals surface area (Å²) in [7, 11) is 1.61. The number of pyridine rings is 1. The number of halogens is 6. The first-order valence-electron chi connectivity index (χ1n) is 7.96. The third-order valence-corrected chi connectivity index (χ3v) is 3.63. The highest BCUT2D eigenvalue weighted by Gasteiger charge is 2.37. The lowest BCUT2D eigenvalue weighted by Gasteiger charge is -2.15. The summed E-state index contributed by atoms with van der Waals surface area (Å²) in [5.41, 5.74) is -1.08. The quantitative estimate of drug-likeness (QED) is 0.600. The molecule has 0 saturated heterocycles. The van der Waals surface area contributed by atoms with E-state index >= 15 is 0 Å². The number of hydrogen-bond donors (Lipinski definition) is 1. The highest BCUT2D eigenvalue weighted by atomic mass is 19.4. The van der Waals surface area contributed by atoms with Gasteiger partial charge in [-0.15, -0.1) is 0 Å². The van der Waals surface area contributed by atoms with Crippen LogP contribution < -0.4 is 10.1 Å². The van der Waals surface area contributed by atoms with Crippen molar-refractivity contribution in [1.29, 1.82) is 0 Å². The van der Waals surface area contributed by atoms with Crippen LogP contribution in [0.15, 0.2) is 41.1 Å². The van der Waals surface area contributed by atoms with Gasteiger partial charge in [0, 0.05) is 18.8 Å². The van der Waals surface area contributed by atoms with Gasteiger partial charge in [-0.2, -0.15) is 31.3 Å². The van der Waals surface area contributed by atoms with Crippen LogP contribution in [0.25, 0.3) is 22.8 Å². The average Bonchev–Trinajstić information content (AvgIpc) is 3.15. The molecule has 0 saturated carbocycles. The van der Waals surface area contributed by atoms with Crippen LogP contribution in [0.1, 0.15) is 5.56 Å². The van der Waals surface area contributed by atoms with Gasteiger partial charge in [-0.3, -0.25) is 0 Å². The Balaban J connectivity index is 1.97. The Morgan fingerprint density at radius 3 is 2.52 bits per heavy atom. The fourth-order valence-corrected chi connectivity index (χ4v) is 2.41. The summed E-state index contributed by atoms with van der Waals surface area (Å²) in [6.45, 7) is -1.85. The second-order valence-corrected chi connectivity index (χ2v) is 5.69. The monoisotopic (exact) mass is 418 g/mol. The maximum Gasteiger partial charge on any atom is 0.422 e. The SMILES string of the molecule is CNc1ncccc1-c1noc(-c2ccc(OCC(F)(F)F)c(C(F)(F)F)c2)n1. The fraction of sp³-hybridized carbons (Fsp3) is 0.235. The summed E-state index contributed by atoms with van der Waals surface area (Å²) in [6, 6.07) is 5.70. The summed E-state index contributed by atoms with van der Waals surface area (Å²) in [6.07, 6.45) is -8.22. The minimum Gasteiger partial charge on any atom is -0.483 e. The summed E-state index contributed by atoms with van der Waals surface area (Å²) in [4.78, 5) is 8.12. The summed E-state index contributed by atoms with van der Waals surface area (Å²) in [5.74, 6) is -0.711. The van der Waals surface area contributed by atoms with E-state index in [1.807, 2.05) is 0 Å². The van der Waals surface area contributed by atoms with Crippen molar-refractivity contribution in [3.8, 4) is 28.6 Å². The first-order valence-corrected chi connectivity index (χ1v) is 7.96. The van der Waals surface area contributed by atoms with Crippen LogP contribution in [0.2, 0.25) is 0 Å². The van der Waals surface area contributed by atoms with Gasteiger partial charge in [0.25, 0.3) is 5.89 Å². The van der Waals surface area contributed by atoms with E-state index in [1.165, 1.54) is 6.20 Å². The van der Waals surface area contributed by atoms with E-state index in [9.17, 15) is 26.3 Å². The number of alkyl halides is 6. The second-order valence-electron chi connectivity index (χ2n) is 5.69. The minimum absolute atomic E-state index is 0.0726. The Morgan fingerprint density at radius 2 is 1.86 bits per heavy atom. The second kappa shape index (κ2) is 7.60. The number of hydrogen-bond acceptors (Lipinski definition) is 6. The van der Waals surface area contributed by atoms with E-state index in [0.29, 0.717) is 17.4 Å². The molecule has 1 N–H and O–H groups in total. The van der Waals surface area contributed by atoms with E-state index < -0.39 is 30.3 Å². The van der Waals surface area contributed by atoms with Crippen LogP contribution >= 0.6 is 0 Å². The first-order chi connectivity index (χ1) is 13.6. The largest absolute Gasteiger partial charge is 0.483 e. The van der Waals surface area contributed by atoms with Gasteiger partial charge in [0.1, 0.15) is 11.6 Å². The molecule has 29 heavy (non-hydrogen) atoms. The predicted molar refractivity (Wildman–Crippen MR) is 89.1 cm³/mol. The van der Waals surface area contributed by atoms with E-state index in [-0.39, 0.29) is 17.3 Å². The molecule has 0 amide bonds. The van der Waals surface area contributed by atoms with Crippen LogP contribution in [-0.4, -0.2) is 35.0 Å². The predicted octanol–water partition coefficient (Wildman–Crippen LogP) is 4.80. The molecular weight excluding hydrogens is 406 g/mol. The average molecular weight is 418 g/mol. The number of aromatic nitrogens is 3. The molecule has 0 aliphatic carbocycles. The normalized spacial score (nSPS) is 12.1. The molecule has 2 aromatic heterocycles. The minimum atomic E-state index is -4.96. The molecule has 0 aliphatic heterocycles. The van der Waals surface area contributed by atoms with Crippen LogP contribution in [0, 0.1) is 0 Å². The van der Waals surface area contributed by atoms with Gasteiger partial charge in [0.2, 0.25) is 5.82 Å². The van der Waals surface area contributed by atoms with Gasteiger partial charge in [0.05, 0.1) is 11.1 Å². The lowest BCUT2D eigenvalue weighted by Crippen LogP contribution is -2.20. The molecule has 0 spiro atoms. The maximum atomic E-state index is 13.3. The Hall–Kier alpha value is -3.31. The number of nitrogens with zero attached hydrogens (tertiary/aromatic N) is 3. The van der Waals surface area contributed by atoms with Crippen molar-refractivity contribution in [2.24, 2.45) is 0 Å². The molecular formula is C17H12F6N4O2. The van der Waals surface area contributed by atoms with Crippen molar-refractivity contribution < 1.29 is 35.6 Å². The maximum absolute atomic E-state index is 13.3. The van der Waals surface area contributed by atoms with Crippen LogP contribution in [0.4, 0.5) is 32.2 Å². The zero-order valence-electron chi connectivity index (χ0n) is 14.6. The highest BCUT2D eigenvalue weighted by molar-refractivity contribution is 5.70. The first kappa shape index (κ1) is 20.4. The van der Waals surface area contributed by atoms with Gasteiger partial charge in [-0.1, -0.05) is 5.16 Å². The molecule has 0 atom stereocenters. The molecule has 154 valence electrons. The van der Waals surface area contributed by atoms with Crippen LogP contribution in [-0.2, 0) is 6.18 Å². The summed E-state index contributed by atoms with van der Waals surface area (Å²) in [5, 5.41) is 6.54. The van der Waals surface area contributed by atoms with Crippen molar-refractivity contribution >= 4 is 5.82 Å². The number of nitrogens with one attached hydrogen (secondary N) is 1.